The van der Waals surface area contributed by atoms with Gasteiger partial charge >= 0.3 is 0 Å². The fourth-order valence-corrected chi connectivity index (χ4v) is 3.48. The van der Waals surface area contributed by atoms with Crippen molar-refractivity contribution >= 4 is 34.4 Å². The summed E-state index contributed by atoms with van der Waals surface area (Å²) in [6.45, 7) is 3.88. The van der Waals surface area contributed by atoms with E-state index in [1.165, 1.54) is 42.5 Å². The fourth-order valence-electron chi connectivity index (χ4n) is 3.48. The maximum Gasteiger partial charge on any atom is 0.282 e. The second-order valence-corrected chi connectivity index (χ2v) is 7.40. The van der Waals surface area contributed by atoms with Crippen LogP contribution >= 0.6 is 0 Å². The van der Waals surface area contributed by atoms with Gasteiger partial charge in [-0.05, 0) is 73.0 Å². The summed E-state index contributed by atoms with van der Waals surface area (Å²) in [4.78, 5) is 38.0. The largest absolute Gasteiger partial charge is 0.350 e. The van der Waals surface area contributed by atoms with Gasteiger partial charge in [0.2, 0.25) is 0 Å². The van der Waals surface area contributed by atoms with Crippen molar-refractivity contribution in [2.75, 3.05) is 10.2 Å². The van der Waals surface area contributed by atoms with Crippen LogP contribution in [-0.2, 0) is 9.59 Å². The number of nitrogens with zero attached hydrogens (tertiary/aromatic N) is 2. The number of aryl methyl sites for hydroxylation is 2. The molecule has 8 heteroatoms. The summed E-state index contributed by atoms with van der Waals surface area (Å²) in [6, 6.07) is 16.0. The predicted molar refractivity (Wildman–Crippen MR) is 118 cm³/mol. The number of amides is 2. The highest BCUT2D eigenvalue weighted by Crippen LogP contribution is 2.34. The Morgan fingerprint density at radius 2 is 1.62 bits per heavy atom. The van der Waals surface area contributed by atoms with Crippen molar-refractivity contribution in [1.82, 2.24) is 0 Å². The lowest BCUT2D eigenvalue weighted by Crippen LogP contribution is -2.32. The van der Waals surface area contributed by atoms with Crippen LogP contribution in [0.5, 0.6) is 0 Å². The van der Waals surface area contributed by atoms with Gasteiger partial charge in [-0.25, -0.2) is 9.29 Å². The lowest BCUT2D eigenvalue weighted by molar-refractivity contribution is -0.384. The molecule has 0 saturated heterocycles. The van der Waals surface area contributed by atoms with Crippen LogP contribution in [0.4, 0.5) is 21.5 Å². The van der Waals surface area contributed by atoms with Crippen molar-refractivity contribution in [2.24, 2.45) is 0 Å². The number of carbonyl (C=O) groups excluding carboxylic acids is 2. The highest BCUT2D eigenvalue weighted by Gasteiger charge is 2.40. The second-order valence-electron chi connectivity index (χ2n) is 7.40. The van der Waals surface area contributed by atoms with Crippen molar-refractivity contribution in [2.45, 2.75) is 13.8 Å². The van der Waals surface area contributed by atoms with Gasteiger partial charge in [-0.2, -0.15) is 0 Å². The Morgan fingerprint density at radius 3 is 2.25 bits per heavy atom. The fraction of sp³-hybridized carbons (Fsp3) is 0.0833. The number of halogens is 1. The van der Waals surface area contributed by atoms with Crippen LogP contribution in [0, 0.1) is 29.8 Å². The summed E-state index contributed by atoms with van der Waals surface area (Å²) in [6.07, 6.45) is 0. The first-order valence-electron chi connectivity index (χ1n) is 9.74. The molecule has 0 bridgehead atoms. The highest BCUT2D eigenvalue weighted by atomic mass is 19.1. The number of benzene rings is 3. The molecular formula is C24H18FN3O4. The quantitative estimate of drug-likeness (QED) is 0.358. The number of non-ortho nitro benzene ring substituents is 1. The monoisotopic (exact) mass is 431 g/mol. The van der Waals surface area contributed by atoms with Crippen LogP contribution in [0.1, 0.15) is 16.7 Å². The van der Waals surface area contributed by atoms with Gasteiger partial charge in [0.1, 0.15) is 11.5 Å². The molecule has 0 saturated carbocycles. The predicted octanol–water partition coefficient (Wildman–Crippen LogP) is 4.75. The molecule has 0 fully saturated rings. The number of carbonyl (C=O) groups is 2. The van der Waals surface area contributed by atoms with Crippen LogP contribution in [0.3, 0.4) is 0 Å². The Balaban J connectivity index is 1.83. The molecule has 1 aliphatic rings. The number of anilines is 2. The van der Waals surface area contributed by atoms with E-state index in [-0.39, 0.29) is 22.6 Å². The first-order valence-corrected chi connectivity index (χ1v) is 9.74. The summed E-state index contributed by atoms with van der Waals surface area (Å²) in [7, 11) is 0. The van der Waals surface area contributed by atoms with E-state index in [2.05, 4.69) is 5.32 Å². The number of imide groups is 1. The number of rotatable bonds is 5. The molecule has 0 atom stereocenters. The van der Waals surface area contributed by atoms with E-state index in [4.69, 9.17) is 0 Å². The summed E-state index contributed by atoms with van der Waals surface area (Å²) in [5.41, 5.74) is 3.00. The van der Waals surface area contributed by atoms with E-state index in [0.717, 1.165) is 22.1 Å². The number of nitrogens with one attached hydrogen (secondary N) is 1. The molecule has 1 heterocycles. The van der Waals surface area contributed by atoms with E-state index < -0.39 is 22.6 Å². The van der Waals surface area contributed by atoms with Crippen LogP contribution < -0.4 is 10.2 Å². The van der Waals surface area contributed by atoms with Gasteiger partial charge in [-0.1, -0.05) is 12.1 Å². The van der Waals surface area contributed by atoms with Gasteiger partial charge in [0.15, 0.2) is 0 Å². The molecule has 7 nitrogen and oxygen atoms in total. The number of nitro groups is 1. The molecule has 0 aliphatic carbocycles. The van der Waals surface area contributed by atoms with Crippen molar-refractivity contribution in [3.8, 4) is 0 Å². The van der Waals surface area contributed by atoms with Gasteiger partial charge in [-0.15, -0.1) is 0 Å². The van der Waals surface area contributed by atoms with Crippen molar-refractivity contribution < 1.29 is 18.9 Å². The highest BCUT2D eigenvalue weighted by molar-refractivity contribution is 6.46. The zero-order valence-corrected chi connectivity index (χ0v) is 17.3. The summed E-state index contributed by atoms with van der Waals surface area (Å²) < 4.78 is 13.8. The van der Waals surface area contributed by atoms with Gasteiger partial charge in [0.05, 0.1) is 16.2 Å². The van der Waals surface area contributed by atoms with E-state index in [9.17, 15) is 24.1 Å². The van der Waals surface area contributed by atoms with Gasteiger partial charge in [-0.3, -0.25) is 19.7 Å². The molecular weight excluding hydrogens is 413 g/mol. The minimum atomic E-state index is -0.652. The maximum atomic E-state index is 13.8. The van der Waals surface area contributed by atoms with E-state index in [1.807, 2.05) is 26.0 Å². The Kier molecular flexibility index (Phi) is 5.28. The van der Waals surface area contributed by atoms with Crippen LogP contribution in [-0.4, -0.2) is 16.7 Å². The molecule has 160 valence electrons. The van der Waals surface area contributed by atoms with Gasteiger partial charge in [0, 0.05) is 17.8 Å². The molecule has 0 spiro atoms. The summed E-state index contributed by atoms with van der Waals surface area (Å²) in [5.74, 6) is -1.89. The third-order valence-electron chi connectivity index (χ3n) is 5.29. The maximum absolute atomic E-state index is 13.8. The molecule has 3 aromatic rings. The van der Waals surface area contributed by atoms with Gasteiger partial charge in [0.25, 0.3) is 17.5 Å². The van der Waals surface area contributed by atoms with Crippen LogP contribution in [0.2, 0.25) is 0 Å². The first kappa shape index (κ1) is 20.9. The second kappa shape index (κ2) is 8.07. The Labute approximate surface area is 182 Å². The zero-order valence-electron chi connectivity index (χ0n) is 17.3. The molecule has 32 heavy (non-hydrogen) atoms. The molecule has 1 aliphatic heterocycles. The zero-order chi connectivity index (χ0) is 23.0. The Bertz CT molecular complexity index is 1300. The minimum absolute atomic E-state index is 0.0105. The third-order valence-corrected chi connectivity index (χ3v) is 5.29. The average Bonchev–Trinajstić information content (AvgIpc) is 3.00. The Hall–Kier alpha value is -4.33. The SMILES string of the molecule is Cc1ccc(NC2=C(c3ccc([N+](=O)[O-])cc3)C(=O)N(c3cccc(F)c3)C2=O)cc1C. The van der Waals surface area contributed by atoms with E-state index in [1.54, 1.807) is 6.07 Å². The molecule has 2 amide bonds. The van der Waals surface area contributed by atoms with Crippen molar-refractivity contribution in [3.05, 3.63) is 105 Å². The Morgan fingerprint density at radius 1 is 0.906 bits per heavy atom. The number of nitro benzene ring substituents is 1. The normalized spacial score (nSPS) is 13.7. The lowest BCUT2D eigenvalue weighted by Gasteiger charge is -2.15. The van der Waals surface area contributed by atoms with Gasteiger partial charge < -0.3 is 5.32 Å². The van der Waals surface area contributed by atoms with Crippen LogP contribution in [0.25, 0.3) is 5.57 Å². The van der Waals surface area contributed by atoms with E-state index in [0.29, 0.717) is 11.3 Å². The molecule has 0 aromatic heterocycles. The molecule has 4 rings (SSSR count). The summed E-state index contributed by atoms with van der Waals surface area (Å²) in [5, 5.41) is 14.0. The van der Waals surface area contributed by atoms with Crippen molar-refractivity contribution in [3.63, 3.8) is 0 Å². The average molecular weight is 431 g/mol. The molecule has 0 unspecified atom stereocenters. The topological polar surface area (TPSA) is 92.6 Å². The standard InChI is InChI=1S/C24H18FN3O4/c1-14-6-9-18(12-15(14)2)26-22-21(16-7-10-19(11-8-16)28(31)32)23(29)27(24(22)30)20-5-3-4-17(25)13-20/h3-13,26H,1-2H3. The van der Waals surface area contributed by atoms with Crippen LogP contribution in [0.15, 0.2) is 72.4 Å². The molecule has 1 N–H and O–H groups in total. The molecule has 0 radical (unpaired) electrons. The number of hydrogen-bond donors (Lipinski definition) is 1. The minimum Gasteiger partial charge on any atom is -0.350 e. The lowest BCUT2D eigenvalue weighted by atomic mass is 10.0. The molecule has 3 aromatic carbocycles. The first-order chi connectivity index (χ1) is 15.3. The van der Waals surface area contributed by atoms with E-state index >= 15 is 0 Å². The third kappa shape index (κ3) is 3.74. The summed E-state index contributed by atoms with van der Waals surface area (Å²) >= 11 is 0. The number of hydrogen-bond acceptors (Lipinski definition) is 5. The van der Waals surface area contributed by atoms with Crippen molar-refractivity contribution in [1.29, 1.82) is 0 Å². The smallest absolute Gasteiger partial charge is 0.282 e.